The van der Waals surface area contributed by atoms with Crippen LogP contribution in [-0.2, 0) is 6.54 Å². The molecule has 1 aromatic heterocycles. The number of thiophene rings is 1. The molecule has 100 valence electrons. The Morgan fingerprint density at radius 2 is 2.11 bits per heavy atom. The van der Waals surface area contributed by atoms with E-state index in [1.165, 1.54) is 4.88 Å². The molecule has 0 saturated carbocycles. The largest absolute Gasteiger partial charge is 0.380 e. The second kappa shape index (κ2) is 6.07. The summed E-state index contributed by atoms with van der Waals surface area (Å²) in [5.41, 5.74) is 7.79. The first-order valence-electron chi connectivity index (χ1n) is 5.55. The average molecular weight is 404 g/mol. The maximum absolute atomic E-state index is 11.1. The summed E-state index contributed by atoms with van der Waals surface area (Å²) in [7, 11) is 0. The fourth-order valence-corrected chi connectivity index (χ4v) is 3.79. The van der Waals surface area contributed by atoms with Crippen LogP contribution < -0.4 is 11.1 Å². The van der Waals surface area contributed by atoms with Gasteiger partial charge in [-0.15, -0.1) is 11.3 Å². The van der Waals surface area contributed by atoms with Crippen LogP contribution in [0, 0.1) is 6.92 Å². The smallest absolute Gasteiger partial charge is 0.248 e. The molecule has 0 spiro atoms. The number of anilines is 1. The Morgan fingerprint density at radius 3 is 2.63 bits per heavy atom. The molecule has 0 unspecified atom stereocenters. The highest BCUT2D eigenvalue weighted by atomic mass is 79.9. The number of nitrogens with one attached hydrogen (secondary N) is 1. The number of carbonyl (C=O) groups excluding carboxylic acids is 1. The zero-order valence-corrected chi connectivity index (χ0v) is 14.2. The summed E-state index contributed by atoms with van der Waals surface area (Å²) in [6.45, 7) is 2.70. The number of primary amides is 1. The van der Waals surface area contributed by atoms with Crippen LogP contribution in [0.2, 0.25) is 0 Å². The molecule has 0 atom stereocenters. The van der Waals surface area contributed by atoms with E-state index in [1.54, 1.807) is 23.5 Å². The fraction of sp³-hybridized carbons (Fsp3) is 0.154. The minimum Gasteiger partial charge on any atom is -0.380 e. The Kier molecular flexibility index (Phi) is 4.65. The van der Waals surface area contributed by atoms with Crippen LogP contribution >= 0.6 is 43.2 Å². The van der Waals surface area contributed by atoms with E-state index in [0.717, 1.165) is 26.1 Å². The monoisotopic (exact) mass is 402 g/mol. The van der Waals surface area contributed by atoms with Gasteiger partial charge in [0.25, 0.3) is 0 Å². The van der Waals surface area contributed by atoms with E-state index in [4.69, 9.17) is 5.73 Å². The molecule has 0 aliphatic carbocycles. The number of aryl methyl sites for hydroxylation is 1. The highest BCUT2D eigenvalue weighted by Crippen LogP contribution is 2.32. The number of halogens is 2. The Balaban J connectivity index is 2.09. The molecule has 0 bridgehead atoms. The zero-order chi connectivity index (χ0) is 14.0. The lowest BCUT2D eigenvalue weighted by molar-refractivity contribution is 0.1000. The van der Waals surface area contributed by atoms with Gasteiger partial charge in [-0.25, -0.2) is 0 Å². The molecule has 0 saturated heterocycles. The van der Waals surface area contributed by atoms with Crippen molar-refractivity contribution in [1.29, 1.82) is 0 Å². The molecule has 6 heteroatoms. The van der Waals surface area contributed by atoms with E-state index in [2.05, 4.69) is 43.2 Å². The van der Waals surface area contributed by atoms with Crippen molar-refractivity contribution in [3.8, 4) is 0 Å². The van der Waals surface area contributed by atoms with Crippen molar-refractivity contribution in [2.75, 3.05) is 5.32 Å². The quantitative estimate of drug-likeness (QED) is 0.799. The van der Waals surface area contributed by atoms with E-state index < -0.39 is 5.91 Å². The molecular weight excluding hydrogens is 392 g/mol. The van der Waals surface area contributed by atoms with Crippen LogP contribution in [0.3, 0.4) is 0 Å². The predicted octanol–water partition coefficient (Wildman–Crippen LogP) is 4.29. The highest BCUT2D eigenvalue weighted by molar-refractivity contribution is 9.13. The summed E-state index contributed by atoms with van der Waals surface area (Å²) in [6.07, 6.45) is 0. The Bertz CT molecular complexity index is 606. The number of benzene rings is 1. The van der Waals surface area contributed by atoms with Crippen LogP contribution in [0.25, 0.3) is 0 Å². The summed E-state index contributed by atoms with van der Waals surface area (Å²) in [4.78, 5) is 12.3. The van der Waals surface area contributed by atoms with E-state index >= 15 is 0 Å². The van der Waals surface area contributed by atoms with Gasteiger partial charge in [0.15, 0.2) is 0 Å². The molecule has 1 heterocycles. The van der Waals surface area contributed by atoms with Crippen LogP contribution in [-0.4, -0.2) is 5.91 Å². The summed E-state index contributed by atoms with van der Waals surface area (Å²) in [6, 6.07) is 7.49. The van der Waals surface area contributed by atoms with Crippen LogP contribution in [0.15, 0.2) is 32.5 Å². The van der Waals surface area contributed by atoms with Crippen LogP contribution in [0.5, 0.6) is 0 Å². The molecule has 1 amide bonds. The summed E-state index contributed by atoms with van der Waals surface area (Å²) in [5, 5.41) is 3.35. The normalized spacial score (nSPS) is 10.5. The lowest BCUT2D eigenvalue weighted by atomic mass is 10.1. The molecule has 19 heavy (non-hydrogen) atoms. The van der Waals surface area contributed by atoms with Gasteiger partial charge in [-0.1, -0.05) is 0 Å². The molecular formula is C13H12Br2N2OS. The van der Waals surface area contributed by atoms with Gasteiger partial charge in [0, 0.05) is 27.1 Å². The highest BCUT2D eigenvalue weighted by Gasteiger charge is 2.06. The van der Waals surface area contributed by atoms with Crippen molar-refractivity contribution in [2.24, 2.45) is 5.73 Å². The third-order valence-electron chi connectivity index (χ3n) is 2.66. The van der Waals surface area contributed by atoms with Crippen molar-refractivity contribution in [1.82, 2.24) is 0 Å². The van der Waals surface area contributed by atoms with Gasteiger partial charge in [0.1, 0.15) is 0 Å². The van der Waals surface area contributed by atoms with Gasteiger partial charge in [0.2, 0.25) is 5.91 Å². The predicted molar refractivity (Wildman–Crippen MR) is 86.7 cm³/mol. The lowest BCUT2D eigenvalue weighted by Crippen LogP contribution is -2.11. The topological polar surface area (TPSA) is 55.1 Å². The molecule has 1 aromatic carbocycles. The van der Waals surface area contributed by atoms with Crippen molar-refractivity contribution in [3.63, 3.8) is 0 Å². The Labute approximate surface area is 132 Å². The molecule has 3 nitrogen and oxygen atoms in total. The van der Waals surface area contributed by atoms with Gasteiger partial charge in [-0.2, -0.15) is 0 Å². The molecule has 0 radical (unpaired) electrons. The van der Waals surface area contributed by atoms with Gasteiger partial charge in [-0.3, -0.25) is 4.79 Å². The van der Waals surface area contributed by atoms with E-state index in [-0.39, 0.29) is 0 Å². The second-order valence-electron chi connectivity index (χ2n) is 4.08. The molecule has 2 aromatic rings. The van der Waals surface area contributed by atoms with Crippen LogP contribution in [0.1, 0.15) is 20.8 Å². The summed E-state index contributed by atoms with van der Waals surface area (Å²) < 4.78 is 2.15. The first kappa shape index (κ1) is 14.6. The number of nitrogens with two attached hydrogens (primary N) is 1. The van der Waals surface area contributed by atoms with E-state index in [1.807, 2.05) is 13.0 Å². The summed E-state index contributed by atoms with van der Waals surface area (Å²) in [5.74, 6) is -0.402. The van der Waals surface area contributed by atoms with E-state index in [9.17, 15) is 4.79 Å². The number of carbonyl (C=O) groups is 1. The first-order valence-corrected chi connectivity index (χ1v) is 7.95. The van der Waals surface area contributed by atoms with Gasteiger partial charge in [-0.05, 0) is 68.6 Å². The minimum absolute atomic E-state index is 0.402. The first-order chi connectivity index (χ1) is 8.97. The van der Waals surface area contributed by atoms with Gasteiger partial charge >= 0.3 is 0 Å². The third-order valence-corrected chi connectivity index (χ3v) is 5.92. The number of rotatable bonds is 4. The van der Waals surface area contributed by atoms with Crippen molar-refractivity contribution >= 4 is 54.8 Å². The van der Waals surface area contributed by atoms with Crippen molar-refractivity contribution in [2.45, 2.75) is 13.5 Å². The fourth-order valence-electron chi connectivity index (χ4n) is 1.68. The second-order valence-corrected chi connectivity index (χ2v) is 7.39. The third kappa shape index (κ3) is 3.58. The number of amides is 1. The average Bonchev–Trinajstić information content (AvgIpc) is 2.67. The molecule has 0 aliphatic rings. The summed E-state index contributed by atoms with van der Waals surface area (Å²) >= 11 is 8.62. The van der Waals surface area contributed by atoms with Gasteiger partial charge in [0.05, 0.1) is 3.79 Å². The maximum Gasteiger partial charge on any atom is 0.248 e. The van der Waals surface area contributed by atoms with Crippen molar-refractivity contribution in [3.05, 3.63) is 48.5 Å². The lowest BCUT2D eigenvalue weighted by Gasteiger charge is -2.09. The molecule has 2 rings (SSSR count). The zero-order valence-electron chi connectivity index (χ0n) is 10.2. The van der Waals surface area contributed by atoms with Crippen molar-refractivity contribution < 1.29 is 4.79 Å². The molecule has 0 fully saturated rings. The number of hydrogen-bond acceptors (Lipinski definition) is 3. The van der Waals surface area contributed by atoms with Gasteiger partial charge < -0.3 is 11.1 Å². The maximum atomic E-state index is 11.1. The Hall–Kier alpha value is -0.850. The molecule has 3 N–H and O–H groups in total. The minimum atomic E-state index is -0.402. The van der Waals surface area contributed by atoms with Crippen LogP contribution in [0.4, 0.5) is 5.69 Å². The Morgan fingerprint density at radius 1 is 1.37 bits per heavy atom. The number of hydrogen-bond donors (Lipinski definition) is 2. The SMILES string of the molecule is Cc1cc(C(N)=O)ccc1NCc1cc(Br)c(Br)s1. The molecule has 0 aliphatic heterocycles. The van der Waals surface area contributed by atoms with E-state index in [0.29, 0.717) is 5.56 Å². The standard InChI is InChI=1S/C13H12Br2N2OS/c1-7-4-8(13(16)18)2-3-11(7)17-6-9-5-10(14)12(15)19-9/h2-5,17H,6H2,1H3,(H2,16,18).